The van der Waals surface area contributed by atoms with Gasteiger partial charge in [0.15, 0.2) is 23.0 Å². The number of H-pyrrole nitrogens is 1. The van der Waals surface area contributed by atoms with Crippen molar-refractivity contribution < 1.29 is 19.0 Å². The number of halogens is 1. The summed E-state index contributed by atoms with van der Waals surface area (Å²) in [5, 5.41) is 9.73. The molecule has 0 aliphatic carbocycles. The molecule has 9 heteroatoms. The lowest BCUT2D eigenvalue weighted by molar-refractivity contribution is -0.157. The van der Waals surface area contributed by atoms with Crippen LogP contribution in [0.1, 0.15) is 12.8 Å². The van der Waals surface area contributed by atoms with Crippen LogP contribution in [0.2, 0.25) is 0 Å². The first-order chi connectivity index (χ1) is 12.6. The van der Waals surface area contributed by atoms with E-state index < -0.39 is 17.4 Å². The van der Waals surface area contributed by atoms with Gasteiger partial charge in [0.05, 0.1) is 6.33 Å². The van der Waals surface area contributed by atoms with E-state index in [1.54, 1.807) is 6.07 Å². The highest BCUT2D eigenvalue weighted by molar-refractivity contribution is 5.83. The van der Waals surface area contributed by atoms with E-state index in [1.165, 1.54) is 30.9 Å². The number of carbonyl (C=O) groups is 1. The average Bonchev–Trinajstić information content (AvgIpc) is 3.13. The predicted octanol–water partition coefficient (Wildman–Crippen LogP) is 1.99. The lowest BCUT2D eigenvalue weighted by Gasteiger charge is -2.39. The molecule has 0 amide bonds. The fraction of sp³-hybridized carbons (Fsp3) is 0.294. The maximum Gasteiger partial charge on any atom is 0.348 e. The first-order valence-corrected chi connectivity index (χ1v) is 8.15. The van der Waals surface area contributed by atoms with Crippen LogP contribution in [0.25, 0.3) is 11.2 Å². The molecule has 3 heterocycles. The Bertz CT molecular complexity index is 952. The third-order valence-corrected chi connectivity index (χ3v) is 4.61. The van der Waals surface area contributed by atoms with E-state index in [0.717, 1.165) is 0 Å². The summed E-state index contributed by atoms with van der Waals surface area (Å²) in [6, 6.07) is 5.82. The molecule has 2 N–H and O–H groups in total. The maximum absolute atomic E-state index is 13.9. The van der Waals surface area contributed by atoms with E-state index in [1.807, 2.05) is 4.90 Å². The van der Waals surface area contributed by atoms with Gasteiger partial charge in [-0.25, -0.2) is 24.1 Å². The van der Waals surface area contributed by atoms with Crippen molar-refractivity contribution in [2.75, 3.05) is 18.0 Å². The summed E-state index contributed by atoms with van der Waals surface area (Å²) in [6.07, 6.45) is 3.34. The first-order valence-electron chi connectivity index (χ1n) is 8.15. The molecule has 4 rings (SSSR count). The van der Waals surface area contributed by atoms with Crippen molar-refractivity contribution in [1.29, 1.82) is 0 Å². The second kappa shape index (κ2) is 6.25. The Morgan fingerprint density at radius 3 is 2.73 bits per heavy atom. The monoisotopic (exact) mass is 357 g/mol. The number of fused-ring (bicyclic) bond motifs is 1. The summed E-state index contributed by atoms with van der Waals surface area (Å²) in [6.45, 7) is 0.789. The third kappa shape index (κ3) is 2.71. The second-order valence-corrected chi connectivity index (χ2v) is 6.12. The van der Waals surface area contributed by atoms with E-state index in [-0.39, 0.29) is 18.6 Å². The molecule has 1 fully saturated rings. The minimum absolute atomic E-state index is 0.0543. The number of hydrogen-bond donors (Lipinski definition) is 2. The van der Waals surface area contributed by atoms with Crippen LogP contribution in [0, 0.1) is 5.82 Å². The quantitative estimate of drug-likeness (QED) is 0.736. The zero-order valence-electron chi connectivity index (χ0n) is 13.7. The number of anilines is 1. The van der Waals surface area contributed by atoms with Crippen molar-refractivity contribution in [2.45, 2.75) is 18.4 Å². The molecule has 2 aromatic heterocycles. The maximum atomic E-state index is 13.9. The summed E-state index contributed by atoms with van der Waals surface area (Å²) >= 11 is 0. The summed E-state index contributed by atoms with van der Waals surface area (Å²) in [5.74, 6) is -1.07. The van der Waals surface area contributed by atoms with Gasteiger partial charge in [0, 0.05) is 25.9 Å². The van der Waals surface area contributed by atoms with Crippen LogP contribution >= 0.6 is 0 Å². The van der Waals surface area contributed by atoms with Crippen molar-refractivity contribution in [3.8, 4) is 5.75 Å². The minimum atomic E-state index is -1.47. The third-order valence-electron chi connectivity index (χ3n) is 4.61. The summed E-state index contributed by atoms with van der Waals surface area (Å²) in [5.41, 5.74) is -0.225. The van der Waals surface area contributed by atoms with Gasteiger partial charge in [-0.2, -0.15) is 0 Å². The topological polar surface area (TPSA) is 104 Å². The highest BCUT2D eigenvalue weighted by atomic mass is 19.1. The number of nitrogens with zero attached hydrogens (tertiary/aromatic N) is 4. The molecule has 26 heavy (non-hydrogen) atoms. The van der Waals surface area contributed by atoms with E-state index in [2.05, 4.69) is 19.9 Å². The average molecular weight is 357 g/mol. The van der Waals surface area contributed by atoms with Gasteiger partial charge in [-0.15, -0.1) is 0 Å². The highest BCUT2D eigenvalue weighted by Crippen LogP contribution is 2.33. The number of nitrogens with one attached hydrogen (secondary N) is 1. The van der Waals surface area contributed by atoms with Gasteiger partial charge in [-0.3, -0.25) is 0 Å². The molecule has 0 radical (unpaired) electrons. The standard InChI is InChI=1S/C17H16FN5O3/c18-11-3-1-2-4-12(11)26-17(16(24)25)5-7-23(8-6-17)15-13-14(20-9-19-13)21-10-22-15/h1-4,9-10H,5-8H2,(H,24,25)(H,19,20,21,22). The van der Waals surface area contributed by atoms with Crippen LogP contribution in [0.15, 0.2) is 36.9 Å². The molecule has 0 spiro atoms. The van der Waals surface area contributed by atoms with E-state index in [4.69, 9.17) is 4.74 Å². The number of piperidine rings is 1. The van der Waals surface area contributed by atoms with Crippen LogP contribution in [0.4, 0.5) is 10.2 Å². The minimum Gasteiger partial charge on any atom is -0.478 e. The second-order valence-electron chi connectivity index (χ2n) is 6.12. The van der Waals surface area contributed by atoms with Crippen LogP contribution < -0.4 is 9.64 Å². The van der Waals surface area contributed by atoms with Crippen molar-refractivity contribution in [3.05, 3.63) is 42.7 Å². The van der Waals surface area contributed by atoms with Crippen LogP contribution in [0.5, 0.6) is 5.75 Å². The molecule has 0 unspecified atom stereocenters. The smallest absolute Gasteiger partial charge is 0.348 e. The Morgan fingerprint density at radius 2 is 2.00 bits per heavy atom. The number of aliphatic carboxylic acids is 1. The van der Waals surface area contributed by atoms with E-state index >= 15 is 0 Å². The number of hydrogen-bond acceptors (Lipinski definition) is 6. The Labute approximate surface area is 147 Å². The molecule has 8 nitrogen and oxygen atoms in total. The molecular formula is C17H16FN5O3. The largest absolute Gasteiger partial charge is 0.478 e. The van der Waals surface area contributed by atoms with Crippen LogP contribution in [-0.2, 0) is 4.79 Å². The molecular weight excluding hydrogens is 341 g/mol. The van der Waals surface area contributed by atoms with Gasteiger partial charge in [0.1, 0.15) is 11.8 Å². The fourth-order valence-corrected chi connectivity index (χ4v) is 3.17. The predicted molar refractivity (Wildman–Crippen MR) is 90.5 cm³/mol. The number of imidazole rings is 1. The van der Waals surface area contributed by atoms with Gasteiger partial charge in [-0.1, -0.05) is 12.1 Å². The molecule has 1 saturated heterocycles. The van der Waals surface area contributed by atoms with Crippen molar-refractivity contribution in [1.82, 2.24) is 19.9 Å². The highest BCUT2D eigenvalue weighted by Gasteiger charge is 2.45. The van der Waals surface area contributed by atoms with Crippen molar-refractivity contribution in [2.24, 2.45) is 0 Å². The zero-order chi connectivity index (χ0) is 18.1. The van der Waals surface area contributed by atoms with Gasteiger partial charge in [0.25, 0.3) is 0 Å². The Morgan fingerprint density at radius 1 is 1.23 bits per heavy atom. The Balaban J connectivity index is 1.57. The van der Waals surface area contributed by atoms with Gasteiger partial charge >= 0.3 is 5.97 Å². The molecule has 0 bridgehead atoms. The van der Waals surface area contributed by atoms with Crippen molar-refractivity contribution in [3.63, 3.8) is 0 Å². The number of aromatic amines is 1. The van der Waals surface area contributed by atoms with E-state index in [9.17, 15) is 14.3 Å². The summed E-state index contributed by atoms with van der Waals surface area (Å²) in [7, 11) is 0. The van der Waals surface area contributed by atoms with Crippen LogP contribution in [0.3, 0.4) is 0 Å². The molecule has 134 valence electrons. The Hall–Kier alpha value is -3.23. The van der Waals surface area contributed by atoms with E-state index in [0.29, 0.717) is 30.1 Å². The van der Waals surface area contributed by atoms with Gasteiger partial charge in [-0.05, 0) is 12.1 Å². The SMILES string of the molecule is O=C(O)C1(Oc2ccccc2F)CCN(c2ncnc3nc[nH]c23)CC1. The molecule has 1 aliphatic heterocycles. The van der Waals surface area contributed by atoms with Crippen LogP contribution in [-0.4, -0.2) is 49.7 Å². The molecule has 0 atom stereocenters. The summed E-state index contributed by atoms with van der Waals surface area (Å²) in [4.78, 5) is 29.3. The molecule has 0 saturated carbocycles. The van der Waals surface area contributed by atoms with Gasteiger partial charge < -0.3 is 19.7 Å². The zero-order valence-corrected chi connectivity index (χ0v) is 13.7. The molecule has 3 aromatic rings. The number of para-hydroxylation sites is 1. The molecule has 1 aromatic carbocycles. The number of ether oxygens (including phenoxy) is 1. The Kier molecular flexibility index (Phi) is 3.90. The summed E-state index contributed by atoms with van der Waals surface area (Å²) < 4.78 is 19.5. The number of aromatic nitrogens is 4. The van der Waals surface area contributed by atoms with Crippen molar-refractivity contribution >= 4 is 23.0 Å². The normalized spacial score (nSPS) is 16.6. The van der Waals surface area contributed by atoms with Gasteiger partial charge in [0.2, 0.25) is 5.60 Å². The lowest BCUT2D eigenvalue weighted by atomic mass is 9.91. The number of benzene rings is 1. The number of carboxylic acid groups (broad SMARTS) is 1. The first kappa shape index (κ1) is 16.2. The fourth-order valence-electron chi connectivity index (χ4n) is 3.17. The number of carboxylic acids is 1. The molecule has 1 aliphatic rings. The lowest BCUT2D eigenvalue weighted by Crippen LogP contribution is -2.53. The number of rotatable bonds is 4.